The maximum absolute atomic E-state index is 12.8. The Hall–Kier alpha value is -2.05. The summed E-state index contributed by atoms with van der Waals surface area (Å²) in [5.41, 5.74) is 3.06. The molecule has 0 aliphatic carbocycles. The fourth-order valence-corrected chi connectivity index (χ4v) is 4.88. The molecule has 126 valence electrons. The molecule has 0 bridgehead atoms. The first-order valence-corrected chi connectivity index (χ1v) is 9.24. The summed E-state index contributed by atoms with van der Waals surface area (Å²) in [4.78, 5) is 15.6. The first kappa shape index (κ1) is 15.5. The Kier molecular flexibility index (Phi) is 3.94. The van der Waals surface area contributed by atoms with Crippen LogP contribution in [-0.4, -0.2) is 26.1 Å². The first-order chi connectivity index (χ1) is 11.7. The highest BCUT2D eigenvalue weighted by Crippen LogP contribution is 2.40. The van der Waals surface area contributed by atoms with Crippen LogP contribution in [0.2, 0.25) is 0 Å². The van der Waals surface area contributed by atoms with Gasteiger partial charge in [0.15, 0.2) is 0 Å². The average Bonchev–Trinajstić information content (AvgIpc) is 2.93. The number of para-hydroxylation sites is 1. The normalized spacial score (nSPS) is 22.2. The minimum absolute atomic E-state index is 0.0251. The Balaban J connectivity index is 1.69. The van der Waals surface area contributed by atoms with E-state index in [0.717, 1.165) is 41.4 Å². The topological polar surface area (TPSA) is 54.8 Å². The molecule has 24 heavy (non-hydrogen) atoms. The molecule has 0 saturated heterocycles. The molecule has 0 fully saturated rings. The van der Waals surface area contributed by atoms with Gasteiger partial charge in [0.25, 0.3) is 5.91 Å². The molecule has 2 aliphatic heterocycles. The third-order valence-electron chi connectivity index (χ3n) is 4.66. The van der Waals surface area contributed by atoms with E-state index in [0.29, 0.717) is 6.61 Å². The highest BCUT2D eigenvalue weighted by Gasteiger charge is 2.34. The van der Waals surface area contributed by atoms with E-state index in [1.807, 2.05) is 31.2 Å². The van der Waals surface area contributed by atoms with Gasteiger partial charge in [-0.05, 0) is 18.6 Å². The van der Waals surface area contributed by atoms with Crippen molar-refractivity contribution in [1.29, 1.82) is 0 Å². The lowest BCUT2D eigenvalue weighted by atomic mass is 10.0. The van der Waals surface area contributed by atoms with Crippen molar-refractivity contribution >= 4 is 22.2 Å². The van der Waals surface area contributed by atoms with Crippen LogP contribution in [-0.2, 0) is 13.0 Å². The Morgan fingerprint density at radius 1 is 1.33 bits per heavy atom. The summed E-state index contributed by atoms with van der Waals surface area (Å²) in [5.74, 6) is 0.837. The van der Waals surface area contributed by atoms with Gasteiger partial charge in [0.1, 0.15) is 23.5 Å². The number of quaternary nitrogens is 1. The zero-order chi connectivity index (χ0) is 16.7. The third kappa shape index (κ3) is 2.56. The Morgan fingerprint density at radius 3 is 3.00 bits per heavy atom. The molecule has 0 radical (unpaired) electrons. The fourth-order valence-electron chi connectivity index (χ4n) is 3.49. The maximum Gasteiger partial charge on any atom is 0.256 e. The Morgan fingerprint density at radius 2 is 2.17 bits per heavy atom. The summed E-state index contributed by atoms with van der Waals surface area (Å²) in [5, 5.41) is 7.61. The van der Waals surface area contributed by atoms with Gasteiger partial charge >= 0.3 is 0 Å². The molecule has 1 unspecified atom stereocenters. The lowest BCUT2D eigenvalue weighted by Crippen LogP contribution is -3.08. The lowest BCUT2D eigenvalue weighted by molar-refractivity contribution is -0.895. The second-order valence-corrected chi connectivity index (χ2v) is 7.47. The quantitative estimate of drug-likeness (QED) is 0.792. The predicted molar refractivity (Wildman–Crippen MR) is 94.9 cm³/mol. The number of ether oxygens (including phenoxy) is 1. The fraction of sp³-hybridized carbons (Fsp3) is 0.389. The maximum atomic E-state index is 12.8. The molecule has 1 aromatic heterocycles. The van der Waals surface area contributed by atoms with Gasteiger partial charge in [-0.1, -0.05) is 18.2 Å². The van der Waals surface area contributed by atoms with Gasteiger partial charge < -0.3 is 20.3 Å². The van der Waals surface area contributed by atoms with Crippen LogP contribution in [0.5, 0.6) is 5.75 Å². The van der Waals surface area contributed by atoms with Gasteiger partial charge in [-0.2, -0.15) is 0 Å². The minimum Gasteiger partial charge on any atom is -0.493 e. The van der Waals surface area contributed by atoms with E-state index in [1.54, 1.807) is 11.3 Å². The smallest absolute Gasteiger partial charge is 0.256 e. The highest BCUT2D eigenvalue weighted by atomic mass is 32.1. The van der Waals surface area contributed by atoms with Crippen molar-refractivity contribution in [3.8, 4) is 5.75 Å². The summed E-state index contributed by atoms with van der Waals surface area (Å²) in [7, 11) is 2.20. The zero-order valence-corrected chi connectivity index (χ0v) is 14.8. The van der Waals surface area contributed by atoms with Gasteiger partial charge in [-0.3, -0.25) is 4.79 Å². The van der Waals surface area contributed by atoms with Gasteiger partial charge in [0.2, 0.25) is 0 Å². The number of fused-ring (bicyclic) bond motifs is 3. The molecule has 1 amide bonds. The number of benzene rings is 1. The first-order valence-electron chi connectivity index (χ1n) is 8.42. The van der Waals surface area contributed by atoms with Crippen molar-refractivity contribution in [2.45, 2.75) is 26.1 Å². The molecule has 3 N–H and O–H groups in total. The Labute approximate surface area is 145 Å². The second kappa shape index (κ2) is 6.11. The van der Waals surface area contributed by atoms with Crippen molar-refractivity contribution in [3.05, 3.63) is 45.8 Å². The van der Waals surface area contributed by atoms with E-state index in [2.05, 4.69) is 17.7 Å². The summed E-state index contributed by atoms with van der Waals surface area (Å²) in [6, 6.07) is 7.87. The number of carbonyl (C=O) groups excluding carboxylic acids is 1. The van der Waals surface area contributed by atoms with E-state index in [4.69, 9.17) is 4.74 Å². The number of nitrogens with one attached hydrogen (secondary N) is 3. The molecule has 0 spiro atoms. The zero-order valence-electron chi connectivity index (χ0n) is 13.9. The lowest BCUT2D eigenvalue weighted by Gasteiger charge is -2.28. The summed E-state index contributed by atoms with van der Waals surface area (Å²) < 4.78 is 5.72. The van der Waals surface area contributed by atoms with Crippen LogP contribution in [0.3, 0.4) is 0 Å². The molecular weight excluding hydrogens is 322 g/mol. The van der Waals surface area contributed by atoms with Crippen LogP contribution >= 0.6 is 11.3 Å². The highest BCUT2D eigenvalue weighted by molar-refractivity contribution is 7.16. The van der Waals surface area contributed by atoms with Crippen molar-refractivity contribution in [3.63, 3.8) is 0 Å². The molecule has 2 aliphatic rings. The van der Waals surface area contributed by atoms with Crippen molar-refractivity contribution in [2.75, 3.05) is 25.5 Å². The number of likely N-dealkylation sites (N-methyl/N-ethyl adjacent to an activating group) is 1. The number of amides is 1. The molecule has 3 heterocycles. The molecule has 6 heteroatoms. The largest absolute Gasteiger partial charge is 0.493 e. The molecular formula is C18H22N3O2S+. The number of rotatable bonds is 3. The standard InChI is InChI=1S/C18H21N3O2S/c1-3-23-13-7-5-4-6-11(13)16-19-17(22)15-12-8-9-21(2)10-14(12)24-18(15)20-16/h4-7,16,20H,3,8-10H2,1-2H3,(H,19,22)/p+1/t16-/m0/s1. The van der Waals surface area contributed by atoms with Crippen LogP contribution < -0.4 is 20.3 Å². The molecule has 4 rings (SSSR count). The van der Waals surface area contributed by atoms with Crippen LogP contribution in [0.1, 0.15) is 39.5 Å². The van der Waals surface area contributed by atoms with E-state index < -0.39 is 0 Å². The summed E-state index contributed by atoms with van der Waals surface area (Å²) in [6.07, 6.45) is 0.723. The van der Waals surface area contributed by atoms with Gasteiger partial charge in [-0.25, -0.2) is 0 Å². The van der Waals surface area contributed by atoms with E-state index >= 15 is 0 Å². The monoisotopic (exact) mass is 344 g/mol. The number of carbonyl (C=O) groups is 1. The number of hydrogen-bond donors (Lipinski definition) is 3. The second-order valence-electron chi connectivity index (χ2n) is 6.36. The van der Waals surface area contributed by atoms with Crippen molar-refractivity contribution in [2.24, 2.45) is 0 Å². The molecule has 0 saturated carbocycles. The molecule has 2 atom stereocenters. The van der Waals surface area contributed by atoms with Crippen molar-refractivity contribution < 1.29 is 14.4 Å². The average molecular weight is 344 g/mol. The summed E-state index contributed by atoms with van der Waals surface area (Å²) >= 11 is 1.73. The van der Waals surface area contributed by atoms with E-state index in [9.17, 15) is 4.79 Å². The molecule has 1 aromatic carbocycles. The van der Waals surface area contributed by atoms with Gasteiger partial charge in [0.05, 0.1) is 30.6 Å². The molecule has 5 nitrogen and oxygen atoms in total. The van der Waals surface area contributed by atoms with E-state index in [1.165, 1.54) is 15.3 Å². The number of thiophene rings is 1. The number of anilines is 1. The van der Waals surface area contributed by atoms with Crippen LogP contribution in [0, 0.1) is 0 Å². The minimum atomic E-state index is -0.252. The third-order valence-corrected chi connectivity index (χ3v) is 5.83. The SMILES string of the molecule is CCOc1ccccc1[C@H]1NC(=O)c2c(sc3c2CC[NH+](C)C3)N1. The summed E-state index contributed by atoms with van der Waals surface area (Å²) in [6.45, 7) is 4.65. The van der Waals surface area contributed by atoms with Gasteiger partial charge in [-0.15, -0.1) is 11.3 Å². The van der Waals surface area contributed by atoms with Crippen LogP contribution in [0.25, 0.3) is 0 Å². The van der Waals surface area contributed by atoms with Crippen LogP contribution in [0.4, 0.5) is 5.00 Å². The predicted octanol–water partition coefficient (Wildman–Crippen LogP) is 1.57. The van der Waals surface area contributed by atoms with E-state index in [-0.39, 0.29) is 12.1 Å². The number of hydrogen-bond acceptors (Lipinski definition) is 4. The Bertz CT molecular complexity index is 787. The van der Waals surface area contributed by atoms with Gasteiger partial charge in [0, 0.05) is 12.0 Å². The van der Waals surface area contributed by atoms with Crippen LogP contribution in [0.15, 0.2) is 24.3 Å². The van der Waals surface area contributed by atoms with Crippen molar-refractivity contribution in [1.82, 2.24) is 5.32 Å². The molecule has 2 aromatic rings.